The Labute approximate surface area is 246 Å². The Morgan fingerprint density at radius 3 is 1.37 bits per heavy atom. The molecular weight excluding hydrogens is 527 g/mol. The SMILES string of the molecule is C#CC#CC#CC#CC#CC#CC#CC#CC#CC#CC#CC#CC.[CH2-][P@@](C)(=O)OC[C@@H](CC(=O)CC)[C@@H](C)OC. The lowest BCUT2D eigenvalue weighted by molar-refractivity contribution is -0.121. The predicted octanol–water partition coefficient (Wildman–Crippen LogP) is 3.40. The van der Waals surface area contributed by atoms with Gasteiger partial charge in [-0.3, -0.25) is 11.5 Å². The van der Waals surface area contributed by atoms with Crippen LogP contribution in [0.4, 0.5) is 0 Å². The second kappa shape index (κ2) is 27.6. The van der Waals surface area contributed by atoms with E-state index in [0.29, 0.717) is 12.8 Å². The molecule has 4 nitrogen and oxygen atoms in total. The highest BCUT2D eigenvalue weighted by molar-refractivity contribution is 7.59. The minimum Gasteiger partial charge on any atom is -0.381 e. The van der Waals surface area contributed by atoms with Crippen LogP contribution >= 0.6 is 7.37 Å². The summed E-state index contributed by atoms with van der Waals surface area (Å²) < 4.78 is 21.7. The molecule has 3 atom stereocenters. The molecule has 0 aliphatic rings. The van der Waals surface area contributed by atoms with Gasteiger partial charge >= 0.3 is 0 Å². The summed E-state index contributed by atoms with van der Waals surface area (Å²) >= 11 is 0. The van der Waals surface area contributed by atoms with Gasteiger partial charge in [-0.25, -0.2) is 0 Å². The van der Waals surface area contributed by atoms with Gasteiger partial charge in [-0.15, -0.1) is 6.42 Å². The Balaban J connectivity index is 0. The fourth-order valence-electron chi connectivity index (χ4n) is 1.94. The molecule has 0 aromatic carbocycles. The van der Waals surface area contributed by atoms with Crippen molar-refractivity contribution < 1.29 is 18.6 Å². The van der Waals surface area contributed by atoms with Gasteiger partial charge in [0.1, 0.15) is 5.78 Å². The molecule has 0 aromatic rings. The molecule has 0 amide bonds. The molecule has 0 saturated carbocycles. The van der Waals surface area contributed by atoms with Crippen molar-refractivity contribution in [1.82, 2.24) is 0 Å². The van der Waals surface area contributed by atoms with Crippen LogP contribution in [0.15, 0.2) is 0 Å². The maximum atomic E-state index is 11.4. The Bertz CT molecular complexity index is 1700. The van der Waals surface area contributed by atoms with Gasteiger partial charge in [-0.1, -0.05) is 12.8 Å². The number of carbonyl (C=O) groups excluding carboxylic acids is 1. The third-order valence-corrected chi connectivity index (χ3v) is 4.62. The molecular formula is C36H26O4P-. The molecule has 5 heteroatoms. The lowest BCUT2D eigenvalue weighted by Crippen LogP contribution is -2.26. The van der Waals surface area contributed by atoms with Crippen molar-refractivity contribution in [1.29, 1.82) is 0 Å². The summed E-state index contributed by atoms with van der Waals surface area (Å²) in [6.45, 7) is 10.5. The van der Waals surface area contributed by atoms with Crippen molar-refractivity contribution in [3.05, 3.63) is 6.66 Å². The van der Waals surface area contributed by atoms with Crippen molar-refractivity contribution in [3.8, 4) is 143 Å². The first-order valence-corrected chi connectivity index (χ1v) is 14.0. The van der Waals surface area contributed by atoms with Crippen LogP contribution in [0.2, 0.25) is 0 Å². The second-order valence-electron chi connectivity index (χ2n) is 7.13. The van der Waals surface area contributed by atoms with E-state index in [9.17, 15) is 9.36 Å². The van der Waals surface area contributed by atoms with E-state index in [1.54, 1.807) is 14.0 Å². The molecule has 0 fully saturated rings. The van der Waals surface area contributed by atoms with E-state index >= 15 is 0 Å². The molecule has 0 heterocycles. The third-order valence-electron chi connectivity index (χ3n) is 3.93. The van der Waals surface area contributed by atoms with Crippen LogP contribution < -0.4 is 0 Å². The summed E-state index contributed by atoms with van der Waals surface area (Å²) in [7, 11) is -1.15. The first-order valence-electron chi connectivity index (χ1n) is 11.7. The molecule has 0 rings (SSSR count). The van der Waals surface area contributed by atoms with E-state index in [-0.39, 0.29) is 24.4 Å². The number of hydrogen-bond acceptors (Lipinski definition) is 4. The largest absolute Gasteiger partial charge is 0.381 e. The zero-order valence-electron chi connectivity index (χ0n) is 23.6. The van der Waals surface area contributed by atoms with Gasteiger partial charge in [0, 0.05) is 61.4 Å². The van der Waals surface area contributed by atoms with Crippen molar-refractivity contribution in [2.45, 2.75) is 39.7 Å². The molecule has 0 radical (unpaired) electrons. The highest BCUT2D eigenvalue weighted by Crippen LogP contribution is 2.40. The van der Waals surface area contributed by atoms with Gasteiger partial charge in [0.05, 0.1) is 20.1 Å². The minimum atomic E-state index is -2.74. The van der Waals surface area contributed by atoms with Crippen molar-refractivity contribution in [2.24, 2.45) is 5.92 Å². The predicted molar refractivity (Wildman–Crippen MR) is 165 cm³/mol. The molecule has 0 aliphatic heterocycles. The van der Waals surface area contributed by atoms with Crippen LogP contribution in [-0.2, 0) is 18.6 Å². The van der Waals surface area contributed by atoms with E-state index in [1.165, 1.54) is 6.66 Å². The number of methoxy groups -OCH3 is 1. The first-order chi connectivity index (χ1) is 19.7. The summed E-state index contributed by atoms with van der Waals surface area (Å²) in [5, 5.41) is 0. The molecule has 200 valence electrons. The smallest absolute Gasteiger partial charge is 0.133 e. The number of Topliss-reactive ketones (excluding diaryl/α,β-unsaturated/α-hetero) is 1. The van der Waals surface area contributed by atoms with Crippen LogP contribution in [-0.4, -0.2) is 32.3 Å². The maximum Gasteiger partial charge on any atom is 0.133 e. The summed E-state index contributed by atoms with van der Waals surface area (Å²) in [5.74, 6) is 57.0. The number of terminal acetylenes is 1. The molecule has 0 N–H and O–H groups in total. The molecule has 0 saturated heterocycles. The van der Waals surface area contributed by atoms with Crippen LogP contribution in [0.3, 0.4) is 0 Å². The summed E-state index contributed by atoms with van der Waals surface area (Å²) in [4.78, 5) is 11.4. The molecule has 0 spiro atoms. The standard InChI is InChI=1S/C25H4.C11H22O4P/c1-3-5-7-9-11-13-15-17-19-21-23-25-24-22-20-18-16-14-12-10-8-6-4-2;1-6-11(12)7-10(9(2)14-3)8-15-16(4,5)13/h1H,2H3;9-10H,4,6-8H2,1-3,5H3/q;-1/t;9-,10-,16-/m.1/s1. The molecule has 0 aliphatic carbocycles. The molecule has 0 bridgehead atoms. The number of rotatable bonds is 8. The zero-order chi connectivity index (χ0) is 31.0. The Hall–Kier alpha value is -5.46. The molecule has 0 unspecified atom stereocenters. The van der Waals surface area contributed by atoms with Gasteiger partial charge < -0.3 is 13.8 Å². The normalized spacial score (nSPS) is 9.68. The second-order valence-corrected chi connectivity index (χ2v) is 9.41. The zero-order valence-corrected chi connectivity index (χ0v) is 24.5. The highest BCUT2D eigenvalue weighted by atomic mass is 31.2. The van der Waals surface area contributed by atoms with Gasteiger partial charge in [-0.2, -0.15) is 0 Å². The van der Waals surface area contributed by atoms with Crippen LogP contribution in [0, 0.1) is 155 Å². The van der Waals surface area contributed by atoms with Gasteiger partial charge in [0.15, 0.2) is 0 Å². The van der Waals surface area contributed by atoms with Gasteiger partial charge in [-0.05, 0) is 115 Å². The van der Waals surface area contributed by atoms with E-state index < -0.39 is 7.37 Å². The summed E-state index contributed by atoms with van der Waals surface area (Å²) in [6, 6.07) is 0. The molecule has 41 heavy (non-hydrogen) atoms. The van der Waals surface area contributed by atoms with Gasteiger partial charge in [0.25, 0.3) is 0 Å². The third kappa shape index (κ3) is 30.7. The van der Waals surface area contributed by atoms with Crippen molar-refractivity contribution in [3.63, 3.8) is 0 Å². The average molecular weight is 554 g/mol. The average Bonchev–Trinajstić information content (AvgIpc) is 2.95. The van der Waals surface area contributed by atoms with E-state index in [1.807, 2.05) is 13.8 Å². The Kier molecular flexibility index (Phi) is 25.3. The highest BCUT2D eigenvalue weighted by Gasteiger charge is 2.21. The first kappa shape index (κ1) is 37.7. The topological polar surface area (TPSA) is 52.6 Å². The van der Waals surface area contributed by atoms with Crippen molar-refractivity contribution >= 4 is 13.2 Å². The Morgan fingerprint density at radius 1 is 0.756 bits per heavy atom. The Morgan fingerprint density at radius 2 is 1.10 bits per heavy atom. The van der Waals surface area contributed by atoms with Crippen LogP contribution in [0.5, 0.6) is 0 Å². The van der Waals surface area contributed by atoms with Crippen LogP contribution in [0.1, 0.15) is 33.6 Å². The monoisotopic (exact) mass is 553 g/mol. The number of hydrogen-bond donors (Lipinski definition) is 0. The van der Waals surface area contributed by atoms with Gasteiger partial charge in [0.2, 0.25) is 0 Å². The lowest BCUT2D eigenvalue weighted by Gasteiger charge is -2.25. The maximum absolute atomic E-state index is 11.4. The summed E-state index contributed by atoms with van der Waals surface area (Å²) in [5.41, 5.74) is 0. The minimum absolute atomic E-state index is 0.0625. The summed E-state index contributed by atoms with van der Waals surface area (Å²) in [6.07, 6.45) is 5.71. The van der Waals surface area contributed by atoms with Crippen molar-refractivity contribution in [2.75, 3.05) is 20.4 Å². The van der Waals surface area contributed by atoms with E-state index in [0.717, 1.165) is 0 Å². The molecule has 0 aromatic heterocycles. The van der Waals surface area contributed by atoms with E-state index in [4.69, 9.17) is 15.7 Å². The fourth-order valence-corrected chi connectivity index (χ4v) is 2.44. The van der Waals surface area contributed by atoms with E-state index in [2.05, 4.69) is 143 Å². The lowest BCUT2D eigenvalue weighted by atomic mass is 9.97. The quantitative estimate of drug-likeness (QED) is 0.263. The fraction of sp³-hybridized carbons (Fsp3) is 0.278. The van der Waals surface area contributed by atoms with Crippen LogP contribution in [0.25, 0.3) is 0 Å². The number of ketones is 1. The number of ether oxygens (including phenoxy) is 1. The number of carbonyl (C=O) groups is 1.